The fourth-order valence-electron chi connectivity index (χ4n) is 1.67. The normalized spacial score (nSPS) is 10.6. The first-order valence-corrected chi connectivity index (χ1v) is 5.47. The number of aromatic nitrogens is 3. The second kappa shape index (κ2) is 4.90. The van der Waals surface area contributed by atoms with Crippen LogP contribution < -0.4 is 5.32 Å². The van der Waals surface area contributed by atoms with Crippen LogP contribution in [0.1, 0.15) is 18.3 Å². The highest BCUT2D eigenvalue weighted by molar-refractivity contribution is 5.39. The SMILES string of the molecule is CCNCc1ccncc1-n1ccnc1C. The Morgan fingerprint density at radius 2 is 2.25 bits per heavy atom. The van der Waals surface area contributed by atoms with Gasteiger partial charge in [0.25, 0.3) is 0 Å². The molecule has 1 N–H and O–H groups in total. The lowest BCUT2D eigenvalue weighted by Gasteiger charge is -2.11. The van der Waals surface area contributed by atoms with Crippen molar-refractivity contribution in [2.45, 2.75) is 20.4 Å². The van der Waals surface area contributed by atoms with Gasteiger partial charge in [0.2, 0.25) is 0 Å². The van der Waals surface area contributed by atoms with Crippen LogP contribution in [0.25, 0.3) is 5.69 Å². The summed E-state index contributed by atoms with van der Waals surface area (Å²) in [5, 5.41) is 3.32. The molecule has 0 spiro atoms. The molecule has 0 bridgehead atoms. The summed E-state index contributed by atoms with van der Waals surface area (Å²) in [4.78, 5) is 8.40. The van der Waals surface area contributed by atoms with Crippen LogP contribution in [0.4, 0.5) is 0 Å². The minimum Gasteiger partial charge on any atom is -0.313 e. The van der Waals surface area contributed by atoms with Crippen LogP contribution in [-0.4, -0.2) is 21.1 Å². The Hall–Kier alpha value is -1.68. The molecule has 0 aliphatic heterocycles. The lowest BCUT2D eigenvalue weighted by molar-refractivity contribution is 0.720. The van der Waals surface area contributed by atoms with Gasteiger partial charge < -0.3 is 9.88 Å². The Bertz CT molecular complexity index is 462. The molecule has 0 saturated heterocycles. The Morgan fingerprint density at radius 1 is 1.38 bits per heavy atom. The Kier molecular flexibility index (Phi) is 3.31. The summed E-state index contributed by atoms with van der Waals surface area (Å²) in [6, 6.07) is 2.04. The molecular weight excluding hydrogens is 200 g/mol. The summed E-state index contributed by atoms with van der Waals surface area (Å²) in [6.45, 7) is 5.91. The van der Waals surface area contributed by atoms with E-state index in [0.717, 1.165) is 24.6 Å². The van der Waals surface area contributed by atoms with E-state index in [1.807, 2.05) is 31.6 Å². The van der Waals surface area contributed by atoms with Crippen LogP contribution in [0.15, 0.2) is 30.9 Å². The van der Waals surface area contributed by atoms with Crippen LogP contribution in [0.2, 0.25) is 0 Å². The first-order chi connectivity index (χ1) is 7.83. The largest absolute Gasteiger partial charge is 0.313 e. The molecule has 4 heteroatoms. The van der Waals surface area contributed by atoms with Crippen LogP contribution in [0, 0.1) is 6.92 Å². The van der Waals surface area contributed by atoms with Crippen LogP contribution in [-0.2, 0) is 6.54 Å². The van der Waals surface area contributed by atoms with Crippen molar-refractivity contribution in [3.63, 3.8) is 0 Å². The monoisotopic (exact) mass is 216 g/mol. The van der Waals surface area contributed by atoms with Crippen molar-refractivity contribution >= 4 is 0 Å². The molecule has 2 aromatic rings. The minimum absolute atomic E-state index is 0.853. The standard InChI is InChI=1S/C12H16N4/c1-3-13-8-11-4-5-14-9-12(11)16-7-6-15-10(16)2/h4-7,9,13H,3,8H2,1-2H3. The molecule has 84 valence electrons. The zero-order valence-corrected chi connectivity index (χ0v) is 9.64. The van der Waals surface area contributed by atoms with Crippen molar-refractivity contribution in [2.24, 2.45) is 0 Å². The Balaban J connectivity index is 2.37. The molecule has 0 amide bonds. The number of pyridine rings is 1. The van der Waals surface area contributed by atoms with Gasteiger partial charge in [0, 0.05) is 25.1 Å². The second-order valence-electron chi connectivity index (χ2n) is 3.63. The van der Waals surface area contributed by atoms with Gasteiger partial charge in [0.1, 0.15) is 5.82 Å². The van der Waals surface area contributed by atoms with Crippen molar-refractivity contribution in [2.75, 3.05) is 6.54 Å². The van der Waals surface area contributed by atoms with Gasteiger partial charge in [-0.15, -0.1) is 0 Å². The van der Waals surface area contributed by atoms with Crippen LogP contribution in [0.3, 0.4) is 0 Å². The predicted molar refractivity (Wildman–Crippen MR) is 63.5 cm³/mol. The average molecular weight is 216 g/mol. The highest BCUT2D eigenvalue weighted by atomic mass is 15.1. The first kappa shape index (κ1) is 10.8. The molecule has 0 saturated carbocycles. The van der Waals surface area contributed by atoms with Gasteiger partial charge >= 0.3 is 0 Å². The predicted octanol–water partition coefficient (Wildman–Crippen LogP) is 1.69. The summed E-state index contributed by atoms with van der Waals surface area (Å²) < 4.78 is 2.06. The van der Waals surface area contributed by atoms with Gasteiger partial charge in [-0.3, -0.25) is 4.98 Å². The van der Waals surface area contributed by atoms with E-state index in [2.05, 4.69) is 26.8 Å². The van der Waals surface area contributed by atoms with Crippen molar-refractivity contribution < 1.29 is 0 Å². The number of aryl methyl sites for hydroxylation is 1. The van der Waals surface area contributed by atoms with Gasteiger partial charge in [0.15, 0.2) is 0 Å². The van der Waals surface area contributed by atoms with Gasteiger partial charge in [-0.1, -0.05) is 6.92 Å². The van der Waals surface area contributed by atoms with Crippen molar-refractivity contribution in [3.05, 3.63) is 42.2 Å². The average Bonchev–Trinajstić information content (AvgIpc) is 2.73. The first-order valence-electron chi connectivity index (χ1n) is 5.47. The fourth-order valence-corrected chi connectivity index (χ4v) is 1.67. The summed E-state index contributed by atoms with van der Waals surface area (Å²) >= 11 is 0. The van der Waals surface area contributed by atoms with Gasteiger partial charge in [0.05, 0.1) is 11.9 Å². The maximum Gasteiger partial charge on any atom is 0.110 e. The number of nitrogens with zero attached hydrogens (tertiary/aromatic N) is 3. The summed E-state index contributed by atoms with van der Waals surface area (Å²) in [7, 11) is 0. The van der Waals surface area contributed by atoms with E-state index in [1.165, 1.54) is 5.56 Å². The smallest absolute Gasteiger partial charge is 0.110 e. The lowest BCUT2D eigenvalue weighted by atomic mass is 10.2. The van der Waals surface area contributed by atoms with Crippen molar-refractivity contribution in [1.82, 2.24) is 19.9 Å². The number of hydrogen-bond acceptors (Lipinski definition) is 3. The Labute approximate surface area is 95.4 Å². The molecule has 0 aromatic carbocycles. The van der Waals surface area contributed by atoms with E-state index >= 15 is 0 Å². The maximum atomic E-state index is 4.23. The maximum absolute atomic E-state index is 4.23. The lowest BCUT2D eigenvalue weighted by Crippen LogP contribution is -2.14. The van der Waals surface area contributed by atoms with Gasteiger partial charge in [-0.25, -0.2) is 4.98 Å². The molecule has 4 nitrogen and oxygen atoms in total. The number of imidazole rings is 1. The zero-order chi connectivity index (χ0) is 11.4. The van der Waals surface area contributed by atoms with Gasteiger partial charge in [-0.05, 0) is 25.1 Å². The van der Waals surface area contributed by atoms with Crippen LogP contribution in [0.5, 0.6) is 0 Å². The number of hydrogen-bond donors (Lipinski definition) is 1. The molecular formula is C12H16N4. The summed E-state index contributed by atoms with van der Waals surface area (Å²) in [5.41, 5.74) is 2.33. The van der Waals surface area contributed by atoms with E-state index < -0.39 is 0 Å². The zero-order valence-electron chi connectivity index (χ0n) is 9.64. The third kappa shape index (κ3) is 2.12. The molecule has 0 fully saturated rings. The molecule has 2 aromatic heterocycles. The molecule has 0 radical (unpaired) electrons. The minimum atomic E-state index is 0.853. The van der Waals surface area contributed by atoms with Crippen molar-refractivity contribution in [3.8, 4) is 5.69 Å². The van der Waals surface area contributed by atoms with E-state index in [1.54, 1.807) is 6.20 Å². The quantitative estimate of drug-likeness (QED) is 0.845. The topological polar surface area (TPSA) is 42.7 Å². The van der Waals surface area contributed by atoms with E-state index in [0.29, 0.717) is 0 Å². The molecule has 0 aliphatic rings. The highest BCUT2D eigenvalue weighted by Gasteiger charge is 2.05. The fraction of sp³-hybridized carbons (Fsp3) is 0.333. The molecule has 2 heterocycles. The third-order valence-electron chi connectivity index (χ3n) is 2.54. The summed E-state index contributed by atoms with van der Waals surface area (Å²) in [6.07, 6.45) is 7.46. The molecule has 0 aliphatic carbocycles. The Morgan fingerprint density at radius 3 is 2.94 bits per heavy atom. The molecule has 0 unspecified atom stereocenters. The van der Waals surface area contributed by atoms with Gasteiger partial charge in [-0.2, -0.15) is 0 Å². The van der Waals surface area contributed by atoms with E-state index in [9.17, 15) is 0 Å². The number of nitrogens with one attached hydrogen (secondary N) is 1. The number of rotatable bonds is 4. The van der Waals surface area contributed by atoms with E-state index in [4.69, 9.17) is 0 Å². The van der Waals surface area contributed by atoms with Crippen LogP contribution >= 0.6 is 0 Å². The second-order valence-corrected chi connectivity index (χ2v) is 3.63. The van der Waals surface area contributed by atoms with E-state index in [-0.39, 0.29) is 0 Å². The molecule has 0 atom stereocenters. The third-order valence-corrected chi connectivity index (χ3v) is 2.54. The molecule has 16 heavy (non-hydrogen) atoms. The molecule has 2 rings (SSSR count). The van der Waals surface area contributed by atoms with Crippen molar-refractivity contribution in [1.29, 1.82) is 0 Å². The highest BCUT2D eigenvalue weighted by Crippen LogP contribution is 2.14. The summed E-state index contributed by atoms with van der Waals surface area (Å²) in [5.74, 6) is 0.978.